The van der Waals surface area contributed by atoms with E-state index >= 15 is 0 Å². The largest absolute Gasteiger partial charge is 0.339 e. The lowest BCUT2D eigenvalue weighted by molar-refractivity contribution is 0.0696. The molecule has 22 heavy (non-hydrogen) atoms. The highest BCUT2D eigenvalue weighted by molar-refractivity contribution is 5.94. The molecule has 1 saturated carbocycles. The number of rotatable bonds is 4. The van der Waals surface area contributed by atoms with Crippen LogP contribution >= 0.6 is 0 Å². The molecule has 2 aromatic rings. The number of imidazole rings is 1. The Hall–Kier alpha value is -2.10. The smallest absolute Gasteiger partial charge is 0.253 e. The number of amides is 1. The molecule has 1 aromatic carbocycles. The van der Waals surface area contributed by atoms with Crippen molar-refractivity contribution in [2.24, 2.45) is 0 Å². The molecule has 3 rings (SSSR count). The first kappa shape index (κ1) is 14.8. The van der Waals surface area contributed by atoms with E-state index in [1.807, 2.05) is 40.9 Å². The maximum atomic E-state index is 12.7. The van der Waals surface area contributed by atoms with Crippen LogP contribution in [0.4, 0.5) is 0 Å². The third-order valence-electron chi connectivity index (χ3n) is 4.54. The van der Waals surface area contributed by atoms with Crippen molar-refractivity contribution in [3.63, 3.8) is 0 Å². The van der Waals surface area contributed by atoms with Crippen molar-refractivity contribution in [3.05, 3.63) is 54.1 Å². The molecule has 0 bridgehead atoms. The molecular weight excluding hydrogens is 274 g/mol. The van der Waals surface area contributed by atoms with Gasteiger partial charge in [0.25, 0.3) is 5.91 Å². The third-order valence-corrected chi connectivity index (χ3v) is 4.54. The second-order valence-corrected chi connectivity index (χ2v) is 6.14. The Balaban J connectivity index is 1.71. The van der Waals surface area contributed by atoms with Gasteiger partial charge in [-0.25, -0.2) is 4.98 Å². The minimum Gasteiger partial charge on any atom is -0.339 e. The van der Waals surface area contributed by atoms with E-state index < -0.39 is 0 Å². The molecule has 1 amide bonds. The first-order chi connectivity index (χ1) is 10.7. The predicted octanol–water partition coefficient (Wildman–Crippen LogP) is 3.34. The van der Waals surface area contributed by atoms with E-state index in [0.717, 1.165) is 30.5 Å². The third kappa shape index (κ3) is 3.38. The van der Waals surface area contributed by atoms with Crippen LogP contribution in [-0.4, -0.2) is 33.4 Å². The van der Waals surface area contributed by atoms with Gasteiger partial charge in [-0.05, 0) is 30.5 Å². The Kier molecular flexibility index (Phi) is 4.56. The molecule has 0 saturated heterocycles. The van der Waals surface area contributed by atoms with Crippen LogP contribution in [0.25, 0.3) is 0 Å². The number of hydrogen-bond donors (Lipinski definition) is 0. The Morgan fingerprint density at radius 3 is 2.86 bits per heavy atom. The molecule has 116 valence electrons. The fraction of sp³-hybridized carbons (Fsp3) is 0.444. The number of aromatic nitrogens is 2. The monoisotopic (exact) mass is 297 g/mol. The summed E-state index contributed by atoms with van der Waals surface area (Å²) in [7, 11) is 1.95. The topological polar surface area (TPSA) is 38.1 Å². The molecular formula is C18H23N3O. The van der Waals surface area contributed by atoms with Crippen LogP contribution in [0, 0.1) is 0 Å². The van der Waals surface area contributed by atoms with Crippen molar-refractivity contribution in [2.75, 3.05) is 7.05 Å². The molecule has 0 spiro atoms. The summed E-state index contributed by atoms with van der Waals surface area (Å²) in [5.41, 5.74) is 1.91. The highest BCUT2D eigenvalue weighted by atomic mass is 16.2. The first-order valence-corrected chi connectivity index (χ1v) is 8.06. The molecule has 4 heteroatoms. The molecule has 0 N–H and O–H groups in total. The van der Waals surface area contributed by atoms with Gasteiger partial charge in [-0.1, -0.05) is 31.4 Å². The summed E-state index contributed by atoms with van der Waals surface area (Å²) in [5, 5.41) is 0. The van der Waals surface area contributed by atoms with E-state index in [4.69, 9.17) is 0 Å². The predicted molar refractivity (Wildman–Crippen MR) is 86.7 cm³/mol. The van der Waals surface area contributed by atoms with E-state index in [0.29, 0.717) is 6.04 Å². The molecule has 1 fully saturated rings. The van der Waals surface area contributed by atoms with Gasteiger partial charge in [-0.2, -0.15) is 0 Å². The van der Waals surface area contributed by atoms with Gasteiger partial charge in [-0.15, -0.1) is 0 Å². The molecule has 1 heterocycles. The van der Waals surface area contributed by atoms with Crippen molar-refractivity contribution in [1.82, 2.24) is 14.5 Å². The van der Waals surface area contributed by atoms with Crippen LogP contribution in [0.2, 0.25) is 0 Å². The molecule has 1 aliphatic carbocycles. The molecule has 4 nitrogen and oxygen atoms in total. The van der Waals surface area contributed by atoms with Crippen LogP contribution in [-0.2, 0) is 6.54 Å². The maximum absolute atomic E-state index is 12.7. The van der Waals surface area contributed by atoms with Crippen molar-refractivity contribution in [1.29, 1.82) is 0 Å². The highest BCUT2D eigenvalue weighted by Gasteiger charge is 2.22. The minimum atomic E-state index is 0.138. The summed E-state index contributed by atoms with van der Waals surface area (Å²) in [5.74, 6) is 0.138. The highest BCUT2D eigenvalue weighted by Crippen LogP contribution is 2.23. The molecule has 0 atom stereocenters. The normalized spacial score (nSPS) is 15.7. The number of benzene rings is 1. The lowest BCUT2D eigenvalue weighted by Gasteiger charge is -2.31. The van der Waals surface area contributed by atoms with Crippen molar-refractivity contribution in [2.45, 2.75) is 44.7 Å². The summed E-state index contributed by atoms with van der Waals surface area (Å²) in [6.07, 6.45) is 11.6. The zero-order valence-corrected chi connectivity index (χ0v) is 13.1. The van der Waals surface area contributed by atoms with Gasteiger partial charge in [0.1, 0.15) is 0 Å². The fourth-order valence-electron chi connectivity index (χ4n) is 3.23. The first-order valence-electron chi connectivity index (χ1n) is 8.06. The van der Waals surface area contributed by atoms with Gasteiger partial charge in [0, 0.05) is 37.6 Å². The van der Waals surface area contributed by atoms with E-state index in [1.54, 1.807) is 12.5 Å². The van der Waals surface area contributed by atoms with Crippen molar-refractivity contribution < 1.29 is 4.79 Å². The Labute approximate surface area is 131 Å². The number of carbonyl (C=O) groups is 1. The molecule has 0 unspecified atom stereocenters. The standard InChI is InChI=1S/C18H23N3O/c1-20(17-8-3-2-4-9-17)18(22)16-7-5-6-15(12-16)13-21-11-10-19-14-21/h5-7,10-12,14,17H,2-4,8-9,13H2,1H3. The van der Waals surface area contributed by atoms with E-state index in [-0.39, 0.29) is 5.91 Å². The van der Waals surface area contributed by atoms with E-state index in [9.17, 15) is 4.79 Å². The summed E-state index contributed by atoms with van der Waals surface area (Å²) >= 11 is 0. The van der Waals surface area contributed by atoms with Gasteiger partial charge in [-0.3, -0.25) is 4.79 Å². The molecule has 0 radical (unpaired) electrons. The summed E-state index contributed by atoms with van der Waals surface area (Å²) < 4.78 is 2.01. The molecule has 1 aliphatic rings. The van der Waals surface area contributed by atoms with Gasteiger partial charge >= 0.3 is 0 Å². The SMILES string of the molecule is CN(C(=O)c1cccc(Cn2ccnc2)c1)C1CCCCC1. The van der Waals surface area contributed by atoms with Crippen LogP contribution in [0.1, 0.15) is 48.0 Å². The number of nitrogens with zero attached hydrogens (tertiary/aromatic N) is 3. The average Bonchev–Trinajstić information content (AvgIpc) is 3.07. The maximum Gasteiger partial charge on any atom is 0.253 e. The second kappa shape index (κ2) is 6.77. The quantitative estimate of drug-likeness (QED) is 0.868. The number of hydrogen-bond acceptors (Lipinski definition) is 2. The van der Waals surface area contributed by atoms with Crippen LogP contribution < -0.4 is 0 Å². The number of carbonyl (C=O) groups excluding carboxylic acids is 1. The van der Waals surface area contributed by atoms with Crippen LogP contribution in [0.15, 0.2) is 43.0 Å². The van der Waals surface area contributed by atoms with Gasteiger partial charge < -0.3 is 9.47 Å². The Morgan fingerprint density at radius 1 is 1.32 bits per heavy atom. The van der Waals surface area contributed by atoms with Gasteiger partial charge in [0.2, 0.25) is 0 Å². The zero-order valence-electron chi connectivity index (χ0n) is 13.1. The van der Waals surface area contributed by atoms with Crippen LogP contribution in [0.5, 0.6) is 0 Å². The van der Waals surface area contributed by atoms with E-state index in [1.165, 1.54) is 19.3 Å². The average molecular weight is 297 g/mol. The minimum absolute atomic E-state index is 0.138. The van der Waals surface area contributed by atoms with E-state index in [2.05, 4.69) is 11.1 Å². The summed E-state index contributed by atoms with van der Waals surface area (Å²) in [6, 6.07) is 8.34. The molecule has 1 aromatic heterocycles. The lowest BCUT2D eigenvalue weighted by Crippen LogP contribution is -2.38. The Morgan fingerprint density at radius 2 is 2.14 bits per heavy atom. The van der Waals surface area contributed by atoms with Crippen LogP contribution in [0.3, 0.4) is 0 Å². The second-order valence-electron chi connectivity index (χ2n) is 6.14. The fourth-order valence-corrected chi connectivity index (χ4v) is 3.23. The van der Waals surface area contributed by atoms with Gasteiger partial charge in [0.05, 0.1) is 6.33 Å². The van der Waals surface area contributed by atoms with Crippen molar-refractivity contribution >= 4 is 5.91 Å². The summed E-state index contributed by atoms with van der Waals surface area (Å²) in [6.45, 7) is 0.744. The zero-order chi connectivity index (χ0) is 15.4. The molecule has 0 aliphatic heterocycles. The van der Waals surface area contributed by atoms with Gasteiger partial charge in [0.15, 0.2) is 0 Å². The van der Waals surface area contributed by atoms with Crippen molar-refractivity contribution in [3.8, 4) is 0 Å². The Bertz CT molecular complexity index is 615. The lowest BCUT2D eigenvalue weighted by atomic mass is 9.94. The summed E-state index contributed by atoms with van der Waals surface area (Å²) in [4.78, 5) is 18.7.